The van der Waals surface area contributed by atoms with E-state index in [1.54, 1.807) is 18.2 Å². The van der Waals surface area contributed by atoms with E-state index in [1.807, 2.05) is 31.2 Å². The zero-order chi connectivity index (χ0) is 20.9. The molecule has 1 fully saturated rings. The van der Waals surface area contributed by atoms with Crippen LogP contribution in [0.25, 0.3) is 11.3 Å². The number of carbonyl (C=O) groups excluding carboxylic acids is 1. The molecule has 0 saturated heterocycles. The third-order valence-corrected chi connectivity index (χ3v) is 5.33. The quantitative estimate of drug-likeness (QED) is 0.606. The van der Waals surface area contributed by atoms with Gasteiger partial charge in [0.1, 0.15) is 11.5 Å². The highest BCUT2D eigenvalue weighted by atomic mass is 19.1. The molecule has 152 valence electrons. The van der Waals surface area contributed by atoms with Crippen molar-refractivity contribution >= 4 is 5.91 Å². The van der Waals surface area contributed by atoms with Crippen LogP contribution >= 0.6 is 0 Å². The number of nitrogens with one attached hydrogen (secondary N) is 1. The Morgan fingerprint density at radius 2 is 1.93 bits per heavy atom. The second-order valence-corrected chi connectivity index (χ2v) is 7.67. The topological polar surface area (TPSA) is 55.1 Å². The molecule has 4 rings (SSSR count). The number of halogens is 1. The average Bonchev–Trinajstić information content (AvgIpc) is 3.44. The van der Waals surface area contributed by atoms with E-state index in [4.69, 9.17) is 4.52 Å². The van der Waals surface area contributed by atoms with E-state index in [0.717, 1.165) is 24.0 Å². The fraction of sp³-hybridized carbons (Fsp3) is 0.280. The summed E-state index contributed by atoms with van der Waals surface area (Å²) in [6.45, 7) is 2.19. The van der Waals surface area contributed by atoms with Gasteiger partial charge in [0.25, 0.3) is 5.91 Å². The van der Waals surface area contributed by atoms with Gasteiger partial charge in [-0.15, -0.1) is 0 Å². The van der Waals surface area contributed by atoms with Gasteiger partial charge in [-0.25, -0.2) is 4.39 Å². The Hall–Kier alpha value is -3.39. The molecule has 3 aromatic rings. The fourth-order valence-electron chi connectivity index (χ4n) is 3.53. The molecule has 1 aliphatic carbocycles. The van der Waals surface area contributed by atoms with Crippen molar-refractivity contribution in [3.8, 4) is 23.1 Å². The predicted molar refractivity (Wildman–Crippen MR) is 113 cm³/mol. The van der Waals surface area contributed by atoms with E-state index in [9.17, 15) is 9.18 Å². The van der Waals surface area contributed by atoms with E-state index in [1.165, 1.54) is 18.9 Å². The zero-order valence-electron chi connectivity index (χ0n) is 16.9. The number of carbonyl (C=O) groups is 1. The number of rotatable bonds is 4. The molecule has 0 unspecified atom stereocenters. The maximum Gasteiger partial charge on any atom is 0.251 e. The van der Waals surface area contributed by atoms with Crippen molar-refractivity contribution in [1.29, 1.82) is 0 Å². The summed E-state index contributed by atoms with van der Waals surface area (Å²) in [7, 11) is 0. The molecule has 1 saturated carbocycles. The Bertz CT molecular complexity index is 1100. The van der Waals surface area contributed by atoms with Crippen LogP contribution in [0.2, 0.25) is 0 Å². The second-order valence-electron chi connectivity index (χ2n) is 7.67. The summed E-state index contributed by atoms with van der Waals surface area (Å²) in [5, 5.41) is 6.78. The van der Waals surface area contributed by atoms with Crippen LogP contribution in [0.3, 0.4) is 0 Å². The summed E-state index contributed by atoms with van der Waals surface area (Å²) in [6.07, 6.45) is 4.56. The maximum atomic E-state index is 14.4. The molecular formula is C25H23FN2O2. The highest BCUT2D eigenvalue weighted by molar-refractivity contribution is 5.94. The van der Waals surface area contributed by atoms with Crippen molar-refractivity contribution in [1.82, 2.24) is 10.5 Å². The van der Waals surface area contributed by atoms with Crippen LogP contribution in [0.4, 0.5) is 4.39 Å². The zero-order valence-corrected chi connectivity index (χ0v) is 16.9. The molecule has 30 heavy (non-hydrogen) atoms. The van der Waals surface area contributed by atoms with Crippen LogP contribution in [-0.2, 0) is 6.54 Å². The van der Waals surface area contributed by atoms with Crippen LogP contribution in [0.15, 0.2) is 53.1 Å². The first kappa shape index (κ1) is 19.9. The van der Waals surface area contributed by atoms with Crippen molar-refractivity contribution in [2.75, 3.05) is 0 Å². The number of hydrogen-bond acceptors (Lipinski definition) is 3. The molecular weight excluding hydrogens is 379 g/mol. The standard InChI is InChI=1S/C25H23FN2O2/c1-17-6-9-20(10-7-17)24-15-22(30-28-24)16-27-25(29)21-13-12-19(23(26)14-21)11-8-18-4-2-3-5-18/h6-7,9-10,12-15,18H,2-5,16H2,1H3,(H,27,29). The summed E-state index contributed by atoms with van der Waals surface area (Å²) in [6, 6.07) is 14.1. The minimum absolute atomic E-state index is 0.169. The molecule has 0 radical (unpaired) electrons. The van der Waals surface area contributed by atoms with Gasteiger partial charge in [0, 0.05) is 23.1 Å². The summed E-state index contributed by atoms with van der Waals surface area (Å²) < 4.78 is 19.7. The van der Waals surface area contributed by atoms with Crippen LogP contribution < -0.4 is 5.32 Å². The number of aromatic nitrogens is 1. The fourth-order valence-corrected chi connectivity index (χ4v) is 3.53. The summed E-state index contributed by atoms with van der Waals surface area (Å²) in [4.78, 5) is 12.4. The van der Waals surface area contributed by atoms with Gasteiger partial charge in [0.05, 0.1) is 12.1 Å². The smallest absolute Gasteiger partial charge is 0.251 e. The lowest BCUT2D eigenvalue weighted by Crippen LogP contribution is -2.22. The van der Waals surface area contributed by atoms with Gasteiger partial charge < -0.3 is 9.84 Å². The Labute approximate surface area is 175 Å². The first-order valence-corrected chi connectivity index (χ1v) is 10.2. The monoisotopic (exact) mass is 402 g/mol. The van der Waals surface area contributed by atoms with Gasteiger partial charge in [-0.1, -0.05) is 59.7 Å². The molecule has 5 heteroatoms. The first-order chi connectivity index (χ1) is 14.6. The first-order valence-electron chi connectivity index (χ1n) is 10.2. The molecule has 1 N–H and O–H groups in total. The van der Waals surface area contributed by atoms with Gasteiger partial charge >= 0.3 is 0 Å². The summed E-state index contributed by atoms with van der Waals surface area (Å²) >= 11 is 0. The number of aryl methyl sites for hydroxylation is 1. The Kier molecular flexibility index (Phi) is 5.94. The minimum Gasteiger partial charge on any atom is -0.359 e. The normalized spacial score (nSPS) is 13.7. The lowest BCUT2D eigenvalue weighted by Gasteiger charge is -2.04. The van der Waals surface area contributed by atoms with Gasteiger partial charge in [0.15, 0.2) is 5.76 Å². The Morgan fingerprint density at radius 3 is 2.67 bits per heavy atom. The Balaban J connectivity index is 1.37. The molecule has 1 aliphatic rings. The molecule has 1 aromatic heterocycles. The van der Waals surface area contributed by atoms with Crippen LogP contribution in [0, 0.1) is 30.5 Å². The predicted octanol–water partition coefficient (Wildman–Crippen LogP) is 5.26. The number of hydrogen-bond donors (Lipinski definition) is 1. The highest BCUT2D eigenvalue weighted by Crippen LogP contribution is 2.24. The summed E-state index contributed by atoms with van der Waals surface area (Å²) in [5.74, 6) is 6.10. The van der Waals surface area contributed by atoms with E-state index in [2.05, 4.69) is 22.3 Å². The summed E-state index contributed by atoms with van der Waals surface area (Å²) in [5.41, 5.74) is 3.39. The van der Waals surface area contributed by atoms with Crippen LogP contribution in [0.5, 0.6) is 0 Å². The van der Waals surface area contributed by atoms with Crippen molar-refractivity contribution < 1.29 is 13.7 Å². The minimum atomic E-state index is -0.477. The average molecular weight is 402 g/mol. The molecule has 4 nitrogen and oxygen atoms in total. The van der Waals surface area contributed by atoms with E-state index >= 15 is 0 Å². The van der Waals surface area contributed by atoms with Crippen molar-refractivity contribution in [2.24, 2.45) is 5.92 Å². The van der Waals surface area contributed by atoms with Crippen molar-refractivity contribution in [2.45, 2.75) is 39.2 Å². The molecule has 0 aliphatic heterocycles. The molecule has 1 amide bonds. The van der Waals surface area contributed by atoms with Crippen LogP contribution in [-0.4, -0.2) is 11.1 Å². The third kappa shape index (κ3) is 4.77. The molecule has 0 spiro atoms. The Morgan fingerprint density at radius 1 is 1.17 bits per heavy atom. The number of benzene rings is 2. The van der Waals surface area contributed by atoms with Gasteiger partial charge in [0.2, 0.25) is 0 Å². The SMILES string of the molecule is Cc1ccc(-c2cc(CNC(=O)c3ccc(C#CC4CCCC4)c(F)c3)on2)cc1. The van der Waals surface area contributed by atoms with Crippen molar-refractivity contribution in [3.05, 3.63) is 76.8 Å². The van der Waals surface area contributed by atoms with Crippen LogP contribution in [0.1, 0.15) is 52.9 Å². The number of nitrogens with zero attached hydrogens (tertiary/aromatic N) is 1. The molecule has 0 atom stereocenters. The molecule has 2 aromatic carbocycles. The largest absolute Gasteiger partial charge is 0.359 e. The second kappa shape index (κ2) is 8.96. The lowest BCUT2D eigenvalue weighted by molar-refractivity contribution is 0.0946. The number of amides is 1. The molecule has 1 heterocycles. The third-order valence-electron chi connectivity index (χ3n) is 5.33. The van der Waals surface area contributed by atoms with Gasteiger partial charge in [-0.3, -0.25) is 4.79 Å². The van der Waals surface area contributed by atoms with Gasteiger partial charge in [-0.05, 0) is 38.0 Å². The highest BCUT2D eigenvalue weighted by Gasteiger charge is 2.13. The van der Waals surface area contributed by atoms with E-state index in [-0.39, 0.29) is 18.0 Å². The van der Waals surface area contributed by atoms with Crippen molar-refractivity contribution in [3.63, 3.8) is 0 Å². The molecule has 0 bridgehead atoms. The lowest BCUT2D eigenvalue weighted by atomic mass is 10.1. The maximum absolute atomic E-state index is 14.4. The van der Waals surface area contributed by atoms with E-state index < -0.39 is 5.82 Å². The van der Waals surface area contributed by atoms with Gasteiger partial charge in [-0.2, -0.15) is 0 Å². The van der Waals surface area contributed by atoms with E-state index in [0.29, 0.717) is 22.9 Å².